The van der Waals surface area contributed by atoms with Crippen LogP contribution < -0.4 is 0 Å². The fraction of sp³-hybridized carbons (Fsp3) is 0.211. The van der Waals surface area contributed by atoms with E-state index in [4.69, 9.17) is 11.6 Å². The second kappa shape index (κ2) is 8.04. The number of halogens is 5. The molecule has 0 saturated carbocycles. The van der Waals surface area contributed by atoms with Crippen molar-refractivity contribution in [3.8, 4) is 11.4 Å². The Morgan fingerprint density at radius 1 is 1.07 bits per heavy atom. The fourth-order valence-electron chi connectivity index (χ4n) is 3.24. The lowest BCUT2D eigenvalue weighted by Crippen LogP contribution is -2.38. The third kappa shape index (κ3) is 3.95. The second-order valence-electron chi connectivity index (χ2n) is 6.32. The summed E-state index contributed by atoms with van der Waals surface area (Å²) < 4.78 is 41.2. The highest BCUT2D eigenvalue weighted by Gasteiger charge is 2.35. The molecule has 1 aliphatic heterocycles. The van der Waals surface area contributed by atoms with Crippen molar-refractivity contribution in [3.05, 3.63) is 70.8 Å². The van der Waals surface area contributed by atoms with Gasteiger partial charge in [0.05, 0.1) is 40.3 Å². The number of carbonyl (C=O) groups excluding carboxylic acids is 1. The molecule has 0 N–H and O–H groups in total. The zero-order chi connectivity index (χ0) is 19.9. The molecular formula is C19H15Cl2F3N4O. The van der Waals surface area contributed by atoms with Crippen molar-refractivity contribution < 1.29 is 18.0 Å². The van der Waals surface area contributed by atoms with Gasteiger partial charge in [0, 0.05) is 19.3 Å². The number of fused-ring (bicyclic) bond motifs is 1. The number of pyridine rings is 1. The molecule has 0 unspecified atom stereocenters. The molecule has 0 spiro atoms. The first-order valence-corrected chi connectivity index (χ1v) is 8.85. The van der Waals surface area contributed by atoms with Crippen LogP contribution in [0, 0.1) is 0 Å². The van der Waals surface area contributed by atoms with Crippen molar-refractivity contribution in [2.24, 2.45) is 0 Å². The molecule has 0 saturated heterocycles. The quantitative estimate of drug-likeness (QED) is 0.578. The van der Waals surface area contributed by atoms with Crippen molar-refractivity contribution in [2.45, 2.75) is 19.3 Å². The summed E-state index contributed by atoms with van der Waals surface area (Å²) in [5, 5.41) is -0.580. The minimum Gasteiger partial charge on any atom is -0.329 e. The highest BCUT2D eigenvalue weighted by Crippen LogP contribution is 2.36. The van der Waals surface area contributed by atoms with Crippen molar-refractivity contribution in [1.82, 2.24) is 19.4 Å². The molecule has 1 aromatic carbocycles. The number of aromatic nitrogens is 3. The van der Waals surface area contributed by atoms with Crippen molar-refractivity contribution in [3.63, 3.8) is 0 Å². The first kappa shape index (κ1) is 21.1. The third-order valence-corrected chi connectivity index (χ3v) is 5.02. The maximum absolute atomic E-state index is 13.1. The molecule has 3 aromatic rings. The first-order valence-electron chi connectivity index (χ1n) is 8.47. The smallest absolute Gasteiger partial charge is 0.329 e. The molecule has 0 radical (unpaired) electrons. The van der Waals surface area contributed by atoms with Crippen molar-refractivity contribution in [1.29, 1.82) is 0 Å². The number of hydrogen-bond donors (Lipinski definition) is 0. The minimum absolute atomic E-state index is 0. The molecule has 1 aliphatic rings. The Hall–Kier alpha value is -2.58. The number of carbonyl (C=O) groups is 1. The number of rotatable bonds is 2. The Kier molecular flexibility index (Phi) is 5.86. The van der Waals surface area contributed by atoms with Gasteiger partial charge in [-0.2, -0.15) is 13.2 Å². The van der Waals surface area contributed by atoms with Gasteiger partial charge in [0.15, 0.2) is 0 Å². The largest absolute Gasteiger partial charge is 0.417 e. The van der Waals surface area contributed by atoms with Gasteiger partial charge in [-0.1, -0.05) is 23.7 Å². The Labute approximate surface area is 175 Å². The van der Waals surface area contributed by atoms with Gasteiger partial charge in [-0.05, 0) is 24.3 Å². The summed E-state index contributed by atoms with van der Waals surface area (Å²) in [6.45, 7) is 0.969. The summed E-state index contributed by atoms with van der Waals surface area (Å²) in [6, 6.07) is 8.91. The molecule has 2 aromatic heterocycles. The van der Waals surface area contributed by atoms with Gasteiger partial charge < -0.3 is 9.47 Å². The average Bonchev–Trinajstić information content (AvgIpc) is 3.10. The van der Waals surface area contributed by atoms with Gasteiger partial charge in [0.2, 0.25) is 0 Å². The summed E-state index contributed by atoms with van der Waals surface area (Å²) in [6.07, 6.45) is -1.25. The molecule has 10 heteroatoms. The van der Waals surface area contributed by atoms with Crippen LogP contribution in [0.3, 0.4) is 0 Å². The number of amides is 1. The topological polar surface area (TPSA) is 51.0 Å². The summed E-state index contributed by atoms with van der Waals surface area (Å²) in [5.74, 6) is 0.0908. The van der Waals surface area contributed by atoms with Crippen LogP contribution in [0.1, 0.15) is 21.7 Å². The molecule has 0 aliphatic carbocycles. The van der Waals surface area contributed by atoms with Crippen LogP contribution in [0.2, 0.25) is 5.02 Å². The SMILES string of the molecule is Cl.O=C(c1cccc(C(F)(F)F)c1Cl)N1CCn2c(-c3ccccn3)cnc2C1. The fourth-order valence-corrected chi connectivity index (χ4v) is 3.55. The normalized spacial score (nSPS) is 13.6. The Morgan fingerprint density at radius 2 is 1.86 bits per heavy atom. The number of alkyl halides is 3. The van der Waals surface area contributed by atoms with Gasteiger partial charge in [0.25, 0.3) is 5.91 Å². The molecule has 1 amide bonds. The van der Waals surface area contributed by atoms with Crippen LogP contribution >= 0.6 is 24.0 Å². The van der Waals surface area contributed by atoms with E-state index in [1.807, 2.05) is 22.8 Å². The monoisotopic (exact) mass is 442 g/mol. The molecule has 0 atom stereocenters. The van der Waals surface area contributed by atoms with Gasteiger partial charge in [-0.3, -0.25) is 9.78 Å². The third-order valence-electron chi connectivity index (χ3n) is 4.61. The van der Waals surface area contributed by atoms with E-state index < -0.39 is 22.7 Å². The summed E-state index contributed by atoms with van der Waals surface area (Å²) in [4.78, 5) is 22.9. The lowest BCUT2D eigenvalue weighted by Gasteiger charge is -2.29. The first-order chi connectivity index (χ1) is 13.4. The molecule has 0 bridgehead atoms. The van der Waals surface area contributed by atoms with E-state index in [0.717, 1.165) is 17.5 Å². The highest BCUT2D eigenvalue weighted by atomic mass is 35.5. The van der Waals surface area contributed by atoms with E-state index in [1.54, 1.807) is 12.4 Å². The van der Waals surface area contributed by atoms with E-state index in [0.29, 0.717) is 18.9 Å². The van der Waals surface area contributed by atoms with E-state index in [1.165, 1.54) is 17.0 Å². The molecule has 152 valence electrons. The molecule has 5 nitrogen and oxygen atoms in total. The summed E-state index contributed by atoms with van der Waals surface area (Å²) in [7, 11) is 0. The predicted octanol–water partition coefficient (Wildman–Crippen LogP) is 4.70. The Balaban J connectivity index is 0.00000240. The molecule has 29 heavy (non-hydrogen) atoms. The zero-order valence-corrected chi connectivity index (χ0v) is 16.4. The zero-order valence-electron chi connectivity index (χ0n) is 14.9. The number of nitrogens with zero attached hydrogens (tertiary/aromatic N) is 4. The van der Waals surface area contributed by atoms with Crippen LogP contribution in [0.5, 0.6) is 0 Å². The highest BCUT2D eigenvalue weighted by molar-refractivity contribution is 6.34. The van der Waals surface area contributed by atoms with E-state index in [-0.39, 0.29) is 24.5 Å². The maximum atomic E-state index is 13.1. The Bertz CT molecular complexity index is 1040. The van der Waals surface area contributed by atoms with Crippen LogP contribution in [-0.2, 0) is 19.3 Å². The Morgan fingerprint density at radius 3 is 2.55 bits per heavy atom. The average molecular weight is 443 g/mol. The minimum atomic E-state index is -4.62. The van der Waals surface area contributed by atoms with Crippen molar-refractivity contribution >= 4 is 29.9 Å². The van der Waals surface area contributed by atoms with Crippen molar-refractivity contribution in [2.75, 3.05) is 6.54 Å². The van der Waals surface area contributed by atoms with E-state index in [2.05, 4.69) is 9.97 Å². The van der Waals surface area contributed by atoms with Gasteiger partial charge in [0.1, 0.15) is 5.82 Å². The molecule has 0 fully saturated rings. The van der Waals surface area contributed by atoms with Gasteiger partial charge in [-0.15, -0.1) is 12.4 Å². The van der Waals surface area contributed by atoms with Crippen LogP contribution in [-0.4, -0.2) is 31.9 Å². The number of hydrogen-bond acceptors (Lipinski definition) is 3. The molecule has 3 heterocycles. The predicted molar refractivity (Wildman–Crippen MR) is 104 cm³/mol. The lowest BCUT2D eigenvalue weighted by atomic mass is 10.1. The summed E-state index contributed by atoms with van der Waals surface area (Å²) >= 11 is 5.90. The van der Waals surface area contributed by atoms with Gasteiger partial charge >= 0.3 is 6.18 Å². The second-order valence-corrected chi connectivity index (χ2v) is 6.70. The lowest BCUT2D eigenvalue weighted by molar-refractivity contribution is -0.137. The van der Waals surface area contributed by atoms with Crippen LogP contribution in [0.25, 0.3) is 11.4 Å². The maximum Gasteiger partial charge on any atom is 0.417 e. The molecular weight excluding hydrogens is 428 g/mol. The van der Waals surface area contributed by atoms with Crippen LogP contribution in [0.15, 0.2) is 48.8 Å². The summed E-state index contributed by atoms with van der Waals surface area (Å²) in [5.41, 5.74) is 0.416. The standard InChI is InChI=1S/C19H14ClF3N4O.ClH/c20-17-12(4-3-5-13(17)19(21,22)23)18(28)26-8-9-27-15(10-25-16(27)11-26)14-6-1-2-7-24-14;/h1-7,10H,8-9,11H2;1H. The van der Waals surface area contributed by atoms with Gasteiger partial charge in [-0.25, -0.2) is 4.98 Å². The van der Waals surface area contributed by atoms with E-state index >= 15 is 0 Å². The van der Waals surface area contributed by atoms with Crippen LogP contribution in [0.4, 0.5) is 13.2 Å². The number of benzene rings is 1. The molecule has 4 rings (SSSR count). The number of imidazole rings is 1. The van der Waals surface area contributed by atoms with E-state index in [9.17, 15) is 18.0 Å².